The second-order valence-corrected chi connectivity index (χ2v) is 6.05. The summed E-state index contributed by atoms with van der Waals surface area (Å²) in [6.45, 7) is 0.0972. The zero-order valence-corrected chi connectivity index (χ0v) is 13.8. The number of hydrogen-bond donors (Lipinski definition) is 0. The molecule has 0 aliphatic carbocycles. The molecule has 2 aromatic rings. The van der Waals surface area contributed by atoms with E-state index in [4.69, 9.17) is 4.74 Å². The lowest BCUT2D eigenvalue weighted by Crippen LogP contribution is -2.01. The minimum atomic E-state index is -0.466. The molecular formula is C18H17NO4S. The zero-order chi connectivity index (χ0) is 17.2. The lowest BCUT2D eigenvalue weighted by Gasteiger charge is -2.02. The van der Waals surface area contributed by atoms with Crippen LogP contribution >= 0.6 is 11.8 Å². The maximum atomic E-state index is 11.6. The first kappa shape index (κ1) is 17.7. The van der Waals surface area contributed by atoms with Gasteiger partial charge in [0.25, 0.3) is 5.69 Å². The molecule has 0 saturated heterocycles. The topological polar surface area (TPSA) is 69.4 Å². The Bertz CT molecular complexity index is 699. The first-order valence-electron chi connectivity index (χ1n) is 7.39. The molecule has 0 atom stereocenters. The number of allylic oxidation sites excluding steroid dienone is 1. The summed E-state index contributed by atoms with van der Waals surface area (Å²) in [7, 11) is 0. The zero-order valence-electron chi connectivity index (χ0n) is 13.0. The molecule has 0 aliphatic heterocycles. The van der Waals surface area contributed by atoms with Gasteiger partial charge < -0.3 is 4.74 Å². The molecule has 6 heteroatoms. The highest BCUT2D eigenvalue weighted by Gasteiger charge is 2.05. The Morgan fingerprint density at radius 2 is 1.83 bits per heavy atom. The maximum absolute atomic E-state index is 11.6. The van der Waals surface area contributed by atoms with Gasteiger partial charge in [-0.3, -0.25) is 10.1 Å². The van der Waals surface area contributed by atoms with Crippen LogP contribution in [0.5, 0.6) is 0 Å². The van der Waals surface area contributed by atoms with E-state index in [1.54, 1.807) is 30.0 Å². The van der Waals surface area contributed by atoms with Gasteiger partial charge >= 0.3 is 5.97 Å². The molecule has 0 heterocycles. The van der Waals surface area contributed by atoms with Gasteiger partial charge in [0, 0.05) is 28.9 Å². The van der Waals surface area contributed by atoms with Crippen LogP contribution in [0.3, 0.4) is 0 Å². The average Bonchev–Trinajstić information content (AvgIpc) is 2.61. The highest BCUT2D eigenvalue weighted by Crippen LogP contribution is 2.17. The summed E-state index contributed by atoms with van der Waals surface area (Å²) in [4.78, 5) is 22.9. The number of non-ortho nitro benzene ring substituents is 1. The van der Waals surface area contributed by atoms with Gasteiger partial charge in [-0.1, -0.05) is 24.3 Å². The molecule has 2 rings (SSSR count). The smallest absolute Gasteiger partial charge is 0.330 e. The Morgan fingerprint density at radius 3 is 2.50 bits per heavy atom. The van der Waals surface area contributed by atoms with Crippen molar-refractivity contribution in [1.29, 1.82) is 0 Å². The summed E-state index contributed by atoms with van der Waals surface area (Å²) in [6.07, 6.45) is 3.97. The van der Waals surface area contributed by atoms with Crippen molar-refractivity contribution < 1.29 is 14.5 Å². The van der Waals surface area contributed by atoms with Crippen LogP contribution in [0, 0.1) is 10.1 Å². The van der Waals surface area contributed by atoms with E-state index >= 15 is 0 Å². The van der Waals surface area contributed by atoms with Gasteiger partial charge in [0.1, 0.15) is 6.61 Å². The van der Waals surface area contributed by atoms with Crippen molar-refractivity contribution in [2.24, 2.45) is 0 Å². The summed E-state index contributed by atoms with van der Waals surface area (Å²) in [5.41, 5.74) is 0.725. The average molecular weight is 343 g/mol. The Balaban J connectivity index is 1.66. The fourth-order valence-corrected chi connectivity index (χ4v) is 2.70. The lowest BCUT2D eigenvalue weighted by molar-refractivity contribution is -0.384. The number of nitrogens with zero attached hydrogens (tertiary/aromatic N) is 1. The van der Waals surface area contributed by atoms with Crippen LogP contribution in [0.25, 0.3) is 0 Å². The summed E-state index contributed by atoms with van der Waals surface area (Å²) in [5.74, 6) is 0.467. The molecule has 2 aromatic carbocycles. The molecule has 24 heavy (non-hydrogen) atoms. The van der Waals surface area contributed by atoms with E-state index in [1.807, 2.05) is 30.3 Å². The Kier molecular flexibility index (Phi) is 7.04. The monoisotopic (exact) mass is 343 g/mol. The largest absolute Gasteiger partial charge is 0.458 e. The number of nitro groups is 1. The number of nitro benzene ring substituents is 1. The van der Waals surface area contributed by atoms with E-state index in [2.05, 4.69) is 0 Å². The fraction of sp³-hybridized carbons (Fsp3) is 0.167. The molecule has 5 nitrogen and oxygen atoms in total. The van der Waals surface area contributed by atoms with Crippen LogP contribution in [0.4, 0.5) is 5.69 Å². The third-order valence-electron chi connectivity index (χ3n) is 3.08. The van der Waals surface area contributed by atoms with Gasteiger partial charge in [-0.2, -0.15) is 0 Å². The minimum Gasteiger partial charge on any atom is -0.458 e. The summed E-state index contributed by atoms with van der Waals surface area (Å²) in [5, 5.41) is 10.5. The van der Waals surface area contributed by atoms with Gasteiger partial charge in [-0.05, 0) is 36.2 Å². The molecule has 0 saturated carbocycles. The van der Waals surface area contributed by atoms with Gasteiger partial charge in [0.15, 0.2) is 0 Å². The Morgan fingerprint density at radius 1 is 1.12 bits per heavy atom. The number of carbonyl (C=O) groups excluding carboxylic acids is 1. The SMILES string of the molecule is O=C(C=CCCSc1ccccc1)OCc1ccc([N+](=O)[O-])cc1. The predicted octanol–water partition coefficient (Wildman–Crippen LogP) is 4.38. The Labute approximate surface area is 144 Å². The molecule has 0 spiro atoms. The van der Waals surface area contributed by atoms with Crippen LogP contribution in [0.15, 0.2) is 71.6 Å². The van der Waals surface area contributed by atoms with Crippen molar-refractivity contribution in [1.82, 2.24) is 0 Å². The van der Waals surface area contributed by atoms with Crippen LogP contribution in [-0.4, -0.2) is 16.6 Å². The number of hydrogen-bond acceptors (Lipinski definition) is 5. The number of carbonyl (C=O) groups is 1. The summed E-state index contributed by atoms with van der Waals surface area (Å²) in [6, 6.07) is 16.0. The van der Waals surface area contributed by atoms with Gasteiger partial charge in [0.2, 0.25) is 0 Å². The standard InChI is InChI=1S/C18H17NO4S/c20-18(8-4-5-13-24-17-6-2-1-3-7-17)23-14-15-9-11-16(12-10-15)19(21)22/h1-4,6-12H,5,13-14H2. The number of esters is 1. The molecule has 0 N–H and O–H groups in total. The normalized spacial score (nSPS) is 10.7. The van der Waals surface area contributed by atoms with E-state index < -0.39 is 10.9 Å². The highest BCUT2D eigenvalue weighted by molar-refractivity contribution is 7.99. The van der Waals surface area contributed by atoms with Crippen LogP contribution in [0.2, 0.25) is 0 Å². The second kappa shape index (κ2) is 9.52. The molecule has 0 aromatic heterocycles. The van der Waals surface area contributed by atoms with Crippen molar-refractivity contribution in [3.8, 4) is 0 Å². The van der Waals surface area contributed by atoms with Crippen LogP contribution < -0.4 is 0 Å². The van der Waals surface area contributed by atoms with Crippen molar-refractivity contribution in [3.63, 3.8) is 0 Å². The van der Waals surface area contributed by atoms with Gasteiger partial charge in [-0.15, -0.1) is 11.8 Å². The molecule has 0 amide bonds. The van der Waals surface area contributed by atoms with E-state index in [0.29, 0.717) is 5.56 Å². The van der Waals surface area contributed by atoms with E-state index in [-0.39, 0.29) is 12.3 Å². The number of rotatable bonds is 8. The Hall–Kier alpha value is -2.60. The van der Waals surface area contributed by atoms with Crippen LogP contribution in [0.1, 0.15) is 12.0 Å². The molecule has 0 radical (unpaired) electrons. The first-order chi connectivity index (χ1) is 11.6. The third-order valence-corrected chi connectivity index (χ3v) is 4.12. The maximum Gasteiger partial charge on any atom is 0.330 e. The number of ether oxygens (including phenoxy) is 1. The summed E-state index contributed by atoms with van der Waals surface area (Å²) >= 11 is 1.73. The highest BCUT2D eigenvalue weighted by atomic mass is 32.2. The van der Waals surface area contributed by atoms with E-state index in [0.717, 1.165) is 12.2 Å². The molecule has 0 fully saturated rings. The lowest BCUT2D eigenvalue weighted by atomic mass is 10.2. The van der Waals surface area contributed by atoms with E-state index in [9.17, 15) is 14.9 Å². The number of thioether (sulfide) groups is 1. The quantitative estimate of drug-likeness (QED) is 0.178. The fourth-order valence-electron chi connectivity index (χ4n) is 1.86. The van der Waals surface area contributed by atoms with Crippen molar-refractivity contribution >= 4 is 23.4 Å². The molecule has 0 bridgehead atoms. The predicted molar refractivity (Wildman–Crippen MR) is 93.8 cm³/mol. The van der Waals surface area contributed by atoms with Crippen molar-refractivity contribution in [2.45, 2.75) is 17.9 Å². The van der Waals surface area contributed by atoms with Crippen LogP contribution in [-0.2, 0) is 16.1 Å². The summed E-state index contributed by atoms with van der Waals surface area (Å²) < 4.78 is 5.09. The minimum absolute atomic E-state index is 0.0147. The van der Waals surface area contributed by atoms with Crippen molar-refractivity contribution in [2.75, 3.05) is 5.75 Å². The molecule has 124 valence electrons. The first-order valence-corrected chi connectivity index (χ1v) is 8.38. The molecule has 0 aliphatic rings. The van der Waals surface area contributed by atoms with Gasteiger partial charge in [-0.25, -0.2) is 4.79 Å². The second-order valence-electron chi connectivity index (χ2n) is 4.88. The molecule has 0 unspecified atom stereocenters. The molecular weight excluding hydrogens is 326 g/mol. The number of benzene rings is 2. The van der Waals surface area contributed by atoms with Gasteiger partial charge in [0.05, 0.1) is 4.92 Å². The van der Waals surface area contributed by atoms with E-state index in [1.165, 1.54) is 23.1 Å². The third kappa shape index (κ3) is 6.26. The van der Waals surface area contributed by atoms with Crippen molar-refractivity contribution in [3.05, 3.63) is 82.4 Å².